The Morgan fingerprint density at radius 1 is 1.71 bits per heavy atom. The van der Waals surface area contributed by atoms with Crippen LogP contribution in [0, 0.1) is 0 Å². The van der Waals surface area contributed by atoms with Crippen molar-refractivity contribution in [3.63, 3.8) is 0 Å². The van der Waals surface area contributed by atoms with Gasteiger partial charge in [-0.1, -0.05) is 0 Å². The molecule has 0 aliphatic heterocycles. The van der Waals surface area contributed by atoms with E-state index in [0.29, 0.717) is 6.54 Å². The highest BCUT2D eigenvalue weighted by molar-refractivity contribution is 7.09. The smallest absolute Gasteiger partial charge is 0.106 e. The molecule has 1 heterocycles. The Morgan fingerprint density at radius 3 is 3.07 bits per heavy atom. The minimum atomic E-state index is 0.239. The van der Waals surface area contributed by atoms with Gasteiger partial charge in [-0.15, -0.1) is 11.3 Å². The van der Waals surface area contributed by atoms with Crippen LogP contribution in [0.5, 0.6) is 0 Å². The van der Waals surface area contributed by atoms with E-state index in [0.717, 1.165) is 23.8 Å². The highest BCUT2D eigenvalue weighted by Gasteiger charge is 2.01. The van der Waals surface area contributed by atoms with E-state index in [1.54, 1.807) is 18.4 Å². The summed E-state index contributed by atoms with van der Waals surface area (Å²) >= 11 is 1.61. The van der Waals surface area contributed by atoms with E-state index in [2.05, 4.69) is 10.3 Å². The van der Waals surface area contributed by atoms with Gasteiger partial charge in [-0.05, 0) is 6.92 Å². The zero-order valence-corrected chi connectivity index (χ0v) is 9.43. The highest BCUT2D eigenvalue weighted by atomic mass is 32.1. The molecule has 0 radical (unpaired) electrons. The standard InChI is InChI=1S/C9H17N3OS/c1-7(13-2)4-11-5-8-6-14-9(3-10)12-8/h6-7,11H,3-5,10H2,1-2H3. The molecule has 1 atom stereocenters. The summed E-state index contributed by atoms with van der Waals surface area (Å²) in [4.78, 5) is 4.34. The molecule has 0 spiro atoms. The third-order valence-corrected chi connectivity index (χ3v) is 2.83. The van der Waals surface area contributed by atoms with Crippen LogP contribution in [-0.2, 0) is 17.8 Å². The van der Waals surface area contributed by atoms with Gasteiger partial charge in [0.2, 0.25) is 0 Å². The summed E-state index contributed by atoms with van der Waals surface area (Å²) in [5.41, 5.74) is 6.52. The van der Waals surface area contributed by atoms with Gasteiger partial charge in [-0.25, -0.2) is 4.98 Å². The van der Waals surface area contributed by atoms with E-state index in [9.17, 15) is 0 Å². The molecule has 0 aliphatic rings. The summed E-state index contributed by atoms with van der Waals surface area (Å²) in [5.74, 6) is 0. The molecular weight excluding hydrogens is 198 g/mol. The summed E-state index contributed by atoms with van der Waals surface area (Å²) in [7, 11) is 1.71. The molecule has 0 aromatic carbocycles. The molecule has 1 aromatic rings. The summed E-state index contributed by atoms with van der Waals surface area (Å²) in [5, 5.41) is 6.29. The van der Waals surface area contributed by atoms with Gasteiger partial charge in [0, 0.05) is 32.1 Å². The maximum absolute atomic E-state index is 5.47. The first-order chi connectivity index (χ1) is 6.76. The molecule has 1 rings (SSSR count). The SMILES string of the molecule is COC(C)CNCc1csc(CN)n1. The van der Waals surface area contributed by atoms with Gasteiger partial charge in [-0.2, -0.15) is 0 Å². The number of methoxy groups -OCH3 is 1. The number of hydrogen-bond acceptors (Lipinski definition) is 5. The van der Waals surface area contributed by atoms with Crippen molar-refractivity contribution < 1.29 is 4.74 Å². The number of hydrogen-bond donors (Lipinski definition) is 2. The van der Waals surface area contributed by atoms with Crippen LogP contribution in [0.3, 0.4) is 0 Å². The van der Waals surface area contributed by atoms with E-state index in [1.807, 2.05) is 12.3 Å². The molecule has 0 bridgehead atoms. The Bertz CT molecular complexity index is 264. The fourth-order valence-corrected chi connectivity index (χ4v) is 1.68. The zero-order chi connectivity index (χ0) is 10.4. The summed E-state index contributed by atoms with van der Waals surface area (Å²) in [6.45, 7) is 4.18. The number of nitrogens with two attached hydrogens (primary N) is 1. The predicted octanol–water partition coefficient (Wildman–Crippen LogP) is 0.726. The van der Waals surface area contributed by atoms with Crippen molar-refractivity contribution >= 4 is 11.3 Å². The molecule has 14 heavy (non-hydrogen) atoms. The zero-order valence-electron chi connectivity index (χ0n) is 8.62. The second-order valence-corrected chi connectivity index (χ2v) is 4.06. The van der Waals surface area contributed by atoms with Crippen molar-refractivity contribution in [2.75, 3.05) is 13.7 Å². The third kappa shape index (κ3) is 3.71. The molecule has 0 saturated heterocycles. The third-order valence-electron chi connectivity index (χ3n) is 1.91. The topological polar surface area (TPSA) is 60.2 Å². The lowest BCUT2D eigenvalue weighted by atomic mass is 10.4. The van der Waals surface area contributed by atoms with Crippen LogP contribution in [0.2, 0.25) is 0 Å². The van der Waals surface area contributed by atoms with Gasteiger partial charge in [-0.3, -0.25) is 0 Å². The summed E-state index contributed by atoms with van der Waals surface area (Å²) in [6.07, 6.45) is 0.239. The van der Waals surface area contributed by atoms with E-state index < -0.39 is 0 Å². The predicted molar refractivity (Wildman–Crippen MR) is 58.2 cm³/mol. The fourth-order valence-electron chi connectivity index (χ4n) is 1.01. The molecule has 0 aliphatic carbocycles. The molecule has 4 nitrogen and oxygen atoms in total. The quantitative estimate of drug-likeness (QED) is 0.734. The lowest BCUT2D eigenvalue weighted by Gasteiger charge is -2.09. The van der Waals surface area contributed by atoms with Gasteiger partial charge in [0.1, 0.15) is 5.01 Å². The van der Waals surface area contributed by atoms with Crippen LogP contribution in [-0.4, -0.2) is 24.7 Å². The van der Waals surface area contributed by atoms with Crippen molar-refractivity contribution in [1.82, 2.24) is 10.3 Å². The Morgan fingerprint density at radius 2 is 2.50 bits per heavy atom. The first kappa shape index (κ1) is 11.6. The van der Waals surface area contributed by atoms with Gasteiger partial charge in [0.25, 0.3) is 0 Å². The molecule has 1 aromatic heterocycles. The van der Waals surface area contributed by atoms with Crippen molar-refractivity contribution in [1.29, 1.82) is 0 Å². The van der Waals surface area contributed by atoms with Crippen LogP contribution >= 0.6 is 11.3 Å². The number of aromatic nitrogens is 1. The van der Waals surface area contributed by atoms with Crippen LogP contribution in [0.4, 0.5) is 0 Å². The maximum atomic E-state index is 5.47. The number of rotatable bonds is 6. The van der Waals surface area contributed by atoms with Crippen molar-refractivity contribution in [2.24, 2.45) is 5.73 Å². The Balaban J connectivity index is 2.24. The number of nitrogens with one attached hydrogen (secondary N) is 1. The number of ether oxygens (including phenoxy) is 1. The number of nitrogens with zero attached hydrogens (tertiary/aromatic N) is 1. The first-order valence-corrected chi connectivity index (χ1v) is 5.51. The molecule has 80 valence electrons. The monoisotopic (exact) mass is 215 g/mol. The Hall–Kier alpha value is -0.490. The summed E-state index contributed by atoms with van der Waals surface area (Å²) in [6, 6.07) is 0. The molecule has 3 N–H and O–H groups in total. The van der Waals surface area contributed by atoms with E-state index in [1.165, 1.54) is 0 Å². The lowest BCUT2D eigenvalue weighted by molar-refractivity contribution is 0.117. The highest BCUT2D eigenvalue weighted by Crippen LogP contribution is 2.08. The molecule has 0 fully saturated rings. The molecule has 1 unspecified atom stereocenters. The molecular formula is C9H17N3OS. The van der Waals surface area contributed by atoms with Crippen molar-refractivity contribution in [3.8, 4) is 0 Å². The molecule has 5 heteroatoms. The van der Waals surface area contributed by atoms with E-state index in [4.69, 9.17) is 10.5 Å². The van der Waals surface area contributed by atoms with Gasteiger partial charge >= 0.3 is 0 Å². The minimum Gasteiger partial charge on any atom is -0.380 e. The second-order valence-electron chi connectivity index (χ2n) is 3.11. The van der Waals surface area contributed by atoms with Crippen LogP contribution < -0.4 is 11.1 Å². The Kier molecular flexibility index (Phi) is 5.03. The van der Waals surface area contributed by atoms with Crippen LogP contribution in [0.25, 0.3) is 0 Å². The Labute approximate surface area is 88.5 Å². The summed E-state index contributed by atoms with van der Waals surface area (Å²) < 4.78 is 5.11. The lowest BCUT2D eigenvalue weighted by Crippen LogP contribution is -2.25. The first-order valence-electron chi connectivity index (χ1n) is 4.63. The number of thiazole rings is 1. The molecule has 0 saturated carbocycles. The van der Waals surface area contributed by atoms with Crippen LogP contribution in [0.1, 0.15) is 17.6 Å². The normalized spacial score (nSPS) is 13.1. The minimum absolute atomic E-state index is 0.239. The van der Waals surface area contributed by atoms with Crippen molar-refractivity contribution in [2.45, 2.75) is 26.1 Å². The van der Waals surface area contributed by atoms with E-state index in [-0.39, 0.29) is 6.10 Å². The average Bonchev–Trinajstić information content (AvgIpc) is 2.65. The second kappa shape index (κ2) is 6.08. The van der Waals surface area contributed by atoms with Gasteiger partial charge < -0.3 is 15.8 Å². The maximum Gasteiger partial charge on any atom is 0.106 e. The fraction of sp³-hybridized carbons (Fsp3) is 0.667. The van der Waals surface area contributed by atoms with Gasteiger partial charge in [0.05, 0.1) is 11.8 Å². The van der Waals surface area contributed by atoms with Crippen LogP contribution in [0.15, 0.2) is 5.38 Å². The van der Waals surface area contributed by atoms with Crippen molar-refractivity contribution in [3.05, 3.63) is 16.1 Å². The van der Waals surface area contributed by atoms with E-state index >= 15 is 0 Å². The van der Waals surface area contributed by atoms with Gasteiger partial charge in [0.15, 0.2) is 0 Å². The average molecular weight is 215 g/mol. The molecule has 0 amide bonds. The largest absolute Gasteiger partial charge is 0.380 e.